The zero-order valence-corrected chi connectivity index (χ0v) is 15.4. The molecular weight excluding hydrogens is 350 g/mol. The number of nitrogens with zero attached hydrogens (tertiary/aromatic N) is 3. The van der Waals surface area contributed by atoms with Gasteiger partial charge >= 0.3 is 0 Å². The monoisotopic (exact) mass is 371 g/mol. The topological polar surface area (TPSA) is 77.5 Å². The Morgan fingerprint density at radius 1 is 1.04 bits per heavy atom. The summed E-state index contributed by atoms with van der Waals surface area (Å²) in [5.41, 5.74) is 8.91. The van der Waals surface area contributed by atoms with Crippen LogP contribution in [-0.4, -0.2) is 20.9 Å². The lowest BCUT2D eigenvalue weighted by Gasteiger charge is -2.08. The van der Waals surface area contributed by atoms with E-state index in [0.717, 1.165) is 53.5 Å². The third-order valence-corrected chi connectivity index (χ3v) is 5.09. The van der Waals surface area contributed by atoms with Gasteiger partial charge in [0.2, 0.25) is 0 Å². The van der Waals surface area contributed by atoms with Crippen molar-refractivity contribution in [3.8, 4) is 22.8 Å². The number of hydrogen-bond acceptors (Lipinski definition) is 5. The van der Waals surface area contributed by atoms with Crippen LogP contribution in [0.2, 0.25) is 0 Å². The Hall–Kier alpha value is -3.38. The smallest absolute Gasteiger partial charge is 0.150 e. The van der Waals surface area contributed by atoms with Gasteiger partial charge in [0.15, 0.2) is 0 Å². The van der Waals surface area contributed by atoms with Crippen molar-refractivity contribution in [2.24, 2.45) is 0 Å². The Bertz CT molecular complexity index is 1100. The molecule has 0 amide bonds. The molecule has 4 aromatic rings. The van der Waals surface area contributed by atoms with E-state index in [0.29, 0.717) is 5.82 Å². The van der Waals surface area contributed by atoms with E-state index in [4.69, 9.17) is 15.5 Å². The fourth-order valence-electron chi connectivity index (χ4n) is 3.74. The van der Waals surface area contributed by atoms with Gasteiger partial charge < -0.3 is 15.8 Å². The van der Waals surface area contributed by atoms with Crippen LogP contribution in [0.5, 0.6) is 11.5 Å². The number of anilines is 1. The van der Waals surface area contributed by atoms with Gasteiger partial charge in [0, 0.05) is 18.0 Å². The summed E-state index contributed by atoms with van der Waals surface area (Å²) in [6.45, 7) is 1.01. The highest BCUT2D eigenvalue weighted by Gasteiger charge is 2.24. The first-order valence-corrected chi connectivity index (χ1v) is 9.49. The van der Waals surface area contributed by atoms with Crippen LogP contribution in [0.3, 0.4) is 0 Å². The van der Waals surface area contributed by atoms with Gasteiger partial charge in [0.05, 0.1) is 6.04 Å². The molecule has 6 heteroatoms. The van der Waals surface area contributed by atoms with Crippen molar-refractivity contribution in [3.05, 3.63) is 72.8 Å². The van der Waals surface area contributed by atoms with Gasteiger partial charge in [-0.1, -0.05) is 18.2 Å². The minimum atomic E-state index is 0.240. The fourth-order valence-corrected chi connectivity index (χ4v) is 3.74. The molecule has 2 aromatic carbocycles. The van der Waals surface area contributed by atoms with Gasteiger partial charge in [-0.05, 0) is 55.8 Å². The summed E-state index contributed by atoms with van der Waals surface area (Å²) < 4.78 is 7.96. The predicted octanol–water partition coefficient (Wildman–Crippen LogP) is 4.20. The summed E-state index contributed by atoms with van der Waals surface area (Å²) in [5.74, 6) is 3.06. The molecule has 0 unspecified atom stereocenters. The minimum absolute atomic E-state index is 0.240. The molecule has 0 radical (unpaired) electrons. The van der Waals surface area contributed by atoms with E-state index in [-0.39, 0.29) is 6.04 Å². The summed E-state index contributed by atoms with van der Waals surface area (Å²) in [4.78, 5) is 9.23. The molecular formula is C22H21N5O. The molecule has 0 spiro atoms. The summed E-state index contributed by atoms with van der Waals surface area (Å²) in [7, 11) is 0. The van der Waals surface area contributed by atoms with Crippen LogP contribution in [0.15, 0.2) is 67.0 Å². The molecule has 3 N–H and O–H groups in total. The zero-order valence-electron chi connectivity index (χ0n) is 15.4. The molecule has 3 heterocycles. The molecule has 0 saturated carbocycles. The van der Waals surface area contributed by atoms with E-state index in [1.807, 2.05) is 60.8 Å². The normalized spacial score (nSPS) is 16.5. The molecule has 5 rings (SSSR count). The van der Waals surface area contributed by atoms with E-state index >= 15 is 0 Å². The number of nitrogens with one attached hydrogen (secondary N) is 1. The highest BCUT2D eigenvalue weighted by Crippen LogP contribution is 2.33. The molecule has 2 aromatic heterocycles. The lowest BCUT2D eigenvalue weighted by atomic mass is 10.1. The SMILES string of the molecule is Nc1nccn2c([C@@H]3CCCN3)nc(-c3ccc(Oc4ccccc4)cc3)c12. The number of fused-ring (bicyclic) bond motifs is 1. The second-order valence-corrected chi connectivity index (χ2v) is 6.94. The van der Waals surface area contributed by atoms with Crippen molar-refractivity contribution >= 4 is 11.3 Å². The average Bonchev–Trinajstić information content (AvgIpc) is 3.38. The fraction of sp³-hybridized carbons (Fsp3) is 0.182. The first-order chi connectivity index (χ1) is 13.8. The largest absolute Gasteiger partial charge is 0.457 e. The van der Waals surface area contributed by atoms with Gasteiger partial charge in [0.1, 0.15) is 34.4 Å². The highest BCUT2D eigenvalue weighted by molar-refractivity contribution is 5.85. The Labute approximate surface area is 163 Å². The molecule has 1 aliphatic heterocycles. The van der Waals surface area contributed by atoms with Crippen molar-refractivity contribution in [2.75, 3.05) is 12.3 Å². The van der Waals surface area contributed by atoms with Gasteiger partial charge in [-0.15, -0.1) is 0 Å². The third kappa shape index (κ3) is 2.97. The quantitative estimate of drug-likeness (QED) is 0.562. The number of benzene rings is 2. The van der Waals surface area contributed by atoms with Gasteiger partial charge in [-0.2, -0.15) is 0 Å². The van der Waals surface area contributed by atoms with Gasteiger partial charge in [-0.25, -0.2) is 9.97 Å². The van der Waals surface area contributed by atoms with Crippen LogP contribution in [0.25, 0.3) is 16.8 Å². The third-order valence-electron chi connectivity index (χ3n) is 5.09. The van der Waals surface area contributed by atoms with E-state index in [2.05, 4.69) is 14.7 Å². The number of aromatic nitrogens is 3. The lowest BCUT2D eigenvalue weighted by molar-refractivity contribution is 0.483. The van der Waals surface area contributed by atoms with E-state index in [1.165, 1.54) is 0 Å². The Kier molecular flexibility index (Phi) is 4.18. The summed E-state index contributed by atoms with van der Waals surface area (Å²) in [5, 5.41) is 3.52. The van der Waals surface area contributed by atoms with Crippen molar-refractivity contribution in [2.45, 2.75) is 18.9 Å². The van der Waals surface area contributed by atoms with Crippen molar-refractivity contribution in [1.29, 1.82) is 0 Å². The molecule has 1 aliphatic rings. The van der Waals surface area contributed by atoms with E-state index in [1.54, 1.807) is 6.20 Å². The minimum Gasteiger partial charge on any atom is -0.457 e. The van der Waals surface area contributed by atoms with Crippen LogP contribution >= 0.6 is 0 Å². The number of ether oxygens (including phenoxy) is 1. The van der Waals surface area contributed by atoms with Crippen LogP contribution in [0, 0.1) is 0 Å². The van der Waals surface area contributed by atoms with Crippen LogP contribution in [0.4, 0.5) is 5.82 Å². The summed E-state index contributed by atoms with van der Waals surface area (Å²) >= 11 is 0. The molecule has 1 fully saturated rings. The molecule has 1 saturated heterocycles. The Balaban J connectivity index is 1.53. The number of hydrogen-bond donors (Lipinski definition) is 2. The number of nitrogens with two attached hydrogens (primary N) is 1. The van der Waals surface area contributed by atoms with Crippen molar-refractivity contribution in [1.82, 2.24) is 19.7 Å². The zero-order chi connectivity index (χ0) is 18.9. The van der Waals surface area contributed by atoms with Crippen LogP contribution < -0.4 is 15.8 Å². The molecule has 6 nitrogen and oxygen atoms in total. The second kappa shape index (κ2) is 6.98. The molecule has 1 atom stereocenters. The Morgan fingerprint density at radius 2 is 1.82 bits per heavy atom. The number of para-hydroxylation sites is 1. The first-order valence-electron chi connectivity index (χ1n) is 9.49. The van der Waals surface area contributed by atoms with Crippen LogP contribution in [0.1, 0.15) is 24.7 Å². The maximum Gasteiger partial charge on any atom is 0.150 e. The highest BCUT2D eigenvalue weighted by atomic mass is 16.5. The predicted molar refractivity (Wildman–Crippen MR) is 109 cm³/mol. The van der Waals surface area contributed by atoms with Crippen molar-refractivity contribution in [3.63, 3.8) is 0 Å². The van der Waals surface area contributed by atoms with Gasteiger partial charge in [0.25, 0.3) is 0 Å². The summed E-state index contributed by atoms with van der Waals surface area (Å²) in [6, 6.07) is 17.9. The molecule has 28 heavy (non-hydrogen) atoms. The van der Waals surface area contributed by atoms with E-state index < -0.39 is 0 Å². The maximum absolute atomic E-state index is 6.22. The first kappa shape index (κ1) is 16.8. The van der Waals surface area contributed by atoms with E-state index in [9.17, 15) is 0 Å². The lowest BCUT2D eigenvalue weighted by Crippen LogP contribution is -2.15. The standard InChI is InChI=1S/C22H21N5O/c23-21-20-19(26-22(18-7-4-12-24-18)27(20)14-13-25-21)15-8-10-17(11-9-15)28-16-5-2-1-3-6-16/h1-3,5-6,8-11,13-14,18,24H,4,7,12H2,(H2,23,25)/t18-/m0/s1. The maximum atomic E-state index is 6.22. The number of nitrogen functional groups attached to an aromatic ring is 1. The number of rotatable bonds is 4. The summed E-state index contributed by atoms with van der Waals surface area (Å²) in [6.07, 6.45) is 5.89. The second-order valence-electron chi connectivity index (χ2n) is 6.94. The van der Waals surface area contributed by atoms with Gasteiger partial charge in [-0.3, -0.25) is 4.40 Å². The molecule has 0 aliphatic carbocycles. The number of imidazole rings is 1. The van der Waals surface area contributed by atoms with Crippen molar-refractivity contribution < 1.29 is 4.74 Å². The molecule has 140 valence electrons. The Morgan fingerprint density at radius 3 is 2.57 bits per heavy atom. The molecule has 0 bridgehead atoms. The average molecular weight is 371 g/mol. The van der Waals surface area contributed by atoms with Crippen LogP contribution in [-0.2, 0) is 0 Å².